The van der Waals surface area contributed by atoms with Crippen LogP contribution in [0.5, 0.6) is 0 Å². The normalized spacial score (nSPS) is 12.1. The summed E-state index contributed by atoms with van der Waals surface area (Å²) in [5.41, 5.74) is 3.86. The van der Waals surface area contributed by atoms with Crippen LogP contribution in [0.15, 0.2) is 117 Å². The first kappa shape index (κ1) is 58.1. The third kappa shape index (κ3) is 11.0. The van der Waals surface area contributed by atoms with Gasteiger partial charge >= 0.3 is 106 Å². The number of nitrogens with zero attached hydrogens (tertiary/aromatic N) is 11. The van der Waals surface area contributed by atoms with Crippen LogP contribution in [0.3, 0.4) is 0 Å². The minimum atomic E-state index is -5.34. The molecule has 2 aliphatic heterocycles. The van der Waals surface area contributed by atoms with E-state index in [0.29, 0.717) is 0 Å². The summed E-state index contributed by atoms with van der Waals surface area (Å²) in [4.78, 5) is 45.1. The van der Waals surface area contributed by atoms with Crippen LogP contribution >= 0.6 is 11.6 Å². The monoisotopic (exact) mass is 1180 g/mol. The molecule has 0 spiro atoms. The van der Waals surface area contributed by atoms with E-state index in [-0.39, 0.29) is 196 Å². The van der Waals surface area contributed by atoms with Gasteiger partial charge in [-0.3, -0.25) is 4.72 Å². The van der Waals surface area contributed by atoms with Crippen LogP contribution < -0.4 is 114 Å². The van der Waals surface area contributed by atoms with Crippen LogP contribution in [0.25, 0.3) is 89.7 Å². The Balaban J connectivity index is 0.00000205. The molecule has 25 nitrogen and oxygen atoms in total. The third-order valence-corrected chi connectivity index (χ3v) is 14.9. The van der Waals surface area contributed by atoms with Crippen LogP contribution in [0, 0.1) is 0 Å². The molecule has 0 saturated carbocycles. The molecular weight excluding hydrogens is 1160 g/mol. The van der Waals surface area contributed by atoms with Crippen LogP contribution in [0.1, 0.15) is 0 Å². The van der Waals surface area contributed by atoms with Crippen molar-refractivity contribution in [1.82, 2.24) is 54.8 Å². The van der Waals surface area contributed by atoms with Gasteiger partial charge in [0.15, 0.2) is 0 Å². The topological polar surface area (TPSA) is 400 Å². The Hall–Kier alpha value is -4.64. The van der Waals surface area contributed by atoms with Gasteiger partial charge in [-0.05, 0) is 76.3 Å². The maximum Gasteiger partial charge on any atom is 2.00 e. The Labute approximate surface area is 504 Å². The molecule has 75 heavy (non-hydrogen) atoms. The van der Waals surface area contributed by atoms with E-state index in [4.69, 9.17) is 17.3 Å². The summed E-state index contributed by atoms with van der Waals surface area (Å²) < 4.78 is 145. The summed E-state index contributed by atoms with van der Waals surface area (Å²) >= 11 is 5.92. The number of hydrogen-bond acceptors (Lipinski definition) is 22. The van der Waals surface area contributed by atoms with Crippen molar-refractivity contribution in [1.29, 1.82) is 0 Å². The molecule has 365 valence electrons. The molecule has 0 fully saturated rings. The number of hydrogen-bond donors (Lipinski definition) is 3. The summed E-state index contributed by atoms with van der Waals surface area (Å²) in [5.74, 6) is -1.76. The second kappa shape index (κ2) is 21.3. The van der Waals surface area contributed by atoms with Crippen molar-refractivity contribution in [3.8, 4) is 45.6 Å². The Morgan fingerprint density at radius 1 is 0.493 bits per heavy atom. The molecule has 2 aliphatic rings. The van der Waals surface area contributed by atoms with Crippen LogP contribution in [0.4, 0.5) is 23.3 Å². The molecule has 0 aliphatic carbocycles. The fourth-order valence-electron chi connectivity index (χ4n) is 7.90. The molecule has 1 radical (unpaired) electrons. The first-order chi connectivity index (χ1) is 33.6. The number of fused-ring (bicyclic) bond motifs is 20. The number of benzene rings is 5. The van der Waals surface area contributed by atoms with E-state index in [2.05, 4.69) is 64.9 Å². The largest absolute Gasteiger partial charge is 2.00 e. The van der Waals surface area contributed by atoms with E-state index in [1.165, 1.54) is 66.7 Å². The van der Waals surface area contributed by atoms with Crippen molar-refractivity contribution in [3.05, 3.63) is 102 Å². The van der Waals surface area contributed by atoms with Gasteiger partial charge in [-0.15, -0.1) is 0 Å². The summed E-state index contributed by atoms with van der Waals surface area (Å²) in [5, 5.41) is 2.10. The zero-order valence-corrected chi connectivity index (χ0v) is 49.0. The molecule has 0 unspecified atom stereocenters. The van der Waals surface area contributed by atoms with Crippen molar-refractivity contribution in [3.63, 3.8) is 0 Å². The Bertz CT molecular complexity index is 4530. The van der Waals surface area contributed by atoms with E-state index >= 15 is 0 Å². The number of aromatic nitrogens is 11. The molecule has 4 aromatic heterocycles. The van der Waals surface area contributed by atoms with Crippen molar-refractivity contribution >= 4 is 119 Å². The minimum absolute atomic E-state index is 0. The molecular formula is C41H20ClCuN14Na3O11S4. The standard InChI is InChI=1S/C41H23ClN14O11S4.Cu.3Na/c42-39-53-40(43)55-41(54-39)44-17-5-1-6-18(15-17)56-68(57,58)25-10-2-7-21-28(25)36-48-32(21)47-35-24-16-19(69(59,60)61)13-14-20(24)31(46-35)45-33-22-8-3-11-26(70(62,63)64)29(22)37(49-33)50-34-23-9-4-12-27(71(65,66)67)30(23)38(51-34)52-36;;;;/h1-16,56H,(H6-2,43,44,45,46,47,48,49,50,51,52,53,54,55,59,60,61,62,63,64,65,66,67);;;;/q-2;+2;3*+1/p-3. The number of nitrogens with one attached hydrogen (secondary N) is 2. The first-order valence-corrected chi connectivity index (χ1v) is 25.9. The van der Waals surface area contributed by atoms with Crippen molar-refractivity contribution in [2.75, 3.05) is 15.8 Å². The average Bonchev–Trinajstić information content (AvgIpc) is 4.03. The summed E-state index contributed by atoms with van der Waals surface area (Å²) in [6.07, 6.45) is 0. The maximum absolute atomic E-state index is 14.6. The smallest absolute Gasteiger partial charge is 0.744 e. The summed E-state index contributed by atoms with van der Waals surface area (Å²) in [7, 11) is -20.4. The number of anilines is 4. The molecule has 11 rings (SSSR count). The van der Waals surface area contributed by atoms with Gasteiger partial charge < -0.3 is 54.6 Å². The molecule has 0 amide bonds. The molecule has 9 aromatic rings. The Kier molecular flexibility index (Phi) is 16.5. The predicted molar refractivity (Wildman–Crippen MR) is 248 cm³/mol. The van der Waals surface area contributed by atoms with Crippen LogP contribution in [-0.2, 0) is 57.4 Å². The van der Waals surface area contributed by atoms with E-state index in [9.17, 15) is 47.3 Å². The van der Waals surface area contributed by atoms with Crippen molar-refractivity contribution < 1.29 is 153 Å². The second-order valence-corrected chi connectivity index (χ2v) is 21.3. The maximum atomic E-state index is 14.6. The van der Waals surface area contributed by atoms with Gasteiger partial charge in [-0.2, -0.15) is 15.0 Å². The van der Waals surface area contributed by atoms with E-state index in [1.807, 2.05) is 0 Å². The number of nitrogen functional groups attached to an aromatic ring is 1. The predicted octanol–water partition coefficient (Wildman–Crippen LogP) is -5.19. The zero-order chi connectivity index (χ0) is 49.9. The minimum Gasteiger partial charge on any atom is -0.744 e. The number of sulfonamides is 1. The molecule has 8 bridgehead atoms. The third-order valence-electron chi connectivity index (χ3n) is 10.8. The molecule has 0 atom stereocenters. The SMILES string of the molecule is Nc1nc(Cl)nc(Nc2cccc(NS(=O)(=O)c3cccc4c3-c3nc-4nc4[n-]c(nc5nc(nc6[n-]c(n3)c3c(S(=O)(=O)[O-])cccc63)-c3c-5cccc3S(=O)(=O)[O-])c3ccc(S(=O)(=O)[O-])cc43)c2)n1.[Cu+2].[Na+].[Na+].[Na+]. The number of halogens is 1. The van der Waals surface area contributed by atoms with Gasteiger partial charge in [0.05, 0.1) is 48.6 Å². The zero-order valence-electron chi connectivity index (χ0n) is 38.0. The Morgan fingerprint density at radius 3 is 1.64 bits per heavy atom. The summed E-state index contributed by atoms with van der Waals surface area (Å²) in [6, 6.07) is 20.2. The molecule has 4 N–H and O–H groups in total. The summed E-state index contributed by atoms with van der Waals surface area (Å²) in [6.45, 7) is 0. The van der Waals surface area contributed by atoms with Gasteiger partial charge in [0.2, 0.25) is 17.2 Å². The Morgan fingerprint density at radius 2 is 1.01 bits per heavy atom. The fraction of sp³-hybridized carbons (Fsp3) is 0. The molecule has 5 aromatic carbocycles. The van der Waals surface area contributed by atoms with E-state index < -0.39 is 88.3 Å². The van der Waals surface area contributed by atoms with Gasteiger partial charge in [-0.1, -0.05) is 48.5 Å². The molecule has 6 heterocycles. The van der Waals surface area contributed by atoms with Gasteiger partial charge in [0.1, 0.15) is 30.4 Å². The van der Waals surface area contributed by atoms with E-state index in [1.54, 1.807) is 6.07 Å². The second-order valence-electron chi connectivity index (χ2n) is 15.2. The quantitative estimate of drug-likeness (QED) is 0.0945. The van der Waals surface area contributed by atoms with Gasteiger partial charge in [-0.25, -0.2) is 43.6 Å². The van der Waals surface area contributed by atoms with Gasteiger partial charge in [0, 0.05) is 55.9 Å². The van der Waals surface area contributed by atoms with Crippen LogP contribution in [-0.4, -0.2) is 92.2 Å². The van der Waals surface area contributed by atoms with E-state index in [0.717, 1.165) is 24.3 Å². The molecule has 0 saturated heterocycles. The number of nitrogens with two attached hydrogens (primary N) is 1. The fourth-order valence-corrected chi connectivity index (χ4v) is 11.2. The molecule has 34 heteroatoms. The van der Waals surface area contributed by atoms with Gasteiger partial charge in [0.25, 0.3) is 10.0 Å². The van der Waals surface area contributed by atoms with Crippen LogP contribution in [0.2, 0.25) is 5.28 Å². The van der Waals surface area contributed by atoms with Crippen molar-refractivity contribution in [2.45, 2.75) is 19.6 Å². The first-order valence-electron chi connectivity index (χ1n) is 19.8. The van der Waals surface area contributed by atoms with Crippen molar-refractivity contribution in [2.24, 2.45) is 0 Å². The average molecular weight is 1180 g/mol. The number of rotatable bonds is 8.